The predicted octanol–water partition coefficient (Wildman–Crippen LogP) is -0.0862. The third kappa shape index (κ3) is 2.99. The Bertz CT molecular complexity index is 175. The van der Waals surface area contributed by atoms with Gasteiger partial charge in [-0.1, -0.05) is 0 Å². The van der Waals surface area contributed by atoms with E-state index < -0.39 is 12.1 Å². The number of carboxylic acids is 1. The molecule has 0 aromatic carbocycles. The van der Waals surface area contributed by atoms with Crippen LogP contribution in [-0.4, -0.2) is 49.4 Å². The summed E-state index contributed by atoms with van der Waals surface area (Å²) in [5.41, 5.74) is 0. The van der Waals surface area contributed by atoms with Gasteiger partial charge in [-0.3, -0.25) is 0 Å². The van der Waals surface area contributed by atoms with Crippen molar-refractivity contribution >= 4 is 12.1 Å². The number of nitrogens with zero attached hydrogens (tertiary/aromatic N) is 1. The molecule has 0 bridgehead atoms. The number of carbonyl (C=O) groups is 2. The van der Waals surface area contributed by atoms with E-state index >= 15 is 0 Å². The van der Waals surface area contributed by atoms with E-state index in [1.54, 1.807) is 0 Å². The highest BCUT2D eigenvalue weighted by Crippen LogP contribution is 1.99. The second-order valence-corrected chi connectivity index (χ2v) is 2.71. The third-order valence-corrected chi connectivity index (χ3v) is 1.20. The number of carboxylic acid groups (broad SMARTS) is 1. The molecule has 0 radical (unpaired) electrons. The summed E-state index contributed by atoms with van der Waals surface area (Å²) in [6.07, 6.45) is -0.563. The van der Waals surface area contributed by atoms with Crippen LogP contribution in [0, 0.1) is 0 Å². The Morgan fingerprint density at radius 2 is 1.91 bits per heavy atom. The summed E-state index contributed by atoms with van der Waals surface area (Å²) in [4.78, 5) is 21.1. The van der Waals surface area contributed by atoms with Crippen LogP contribution in [0.3, 0.4) is 0 Å². The summed E-state index contributed by atoms with van der Waals surface area (Å²) in [6.45, 7) is -0.271. The van der Waals surface area contributed by atoms with Crippen molar-refractivity contribution < 1.29 is 23.9 Å². The van der Waals surface area contributed by atoms with Crippen LogP contribution in [0.4, 0.5) is 4.79 Å². The number of ether oxygens (including phenoxy) is 1. The molecule has 0 aromatic rings. The molecule has 0 heterocycles. The first kappa shape index (κ1) is 9.90. The highest BCUT2D eigenvalue weighted by molar-refractivity contribution is 5.71. The van der Waals surface area contributed by atoms with Gasteiger partial charge in [-0.2, -0.15) is 4.79 Å². The molecule has 1 N–H and O–H groups in total. The number of hydrogen-bond donors (Lipinski definition) is 1. The number of likely N-dealkylation sites (N-methyl/N-ethyl adjacent to an activating group) is 1. The molecule has 0 aromatic heterocycles. The van der Waals surface area contributed by atoms with Gasteiger partial charge < -0.3 is 9.84 Å². The molecule has 0 aliphatic carbocycles. The molecule has 0 atom stereocenters. The van der Waals surface area contributed by atoms with Crippen LogP contribution < -0.4 is 0 Å². The SMILES string of the molecule is COC(=O)[N+](C)(C)CC(=O)O. The summed E-state index contributed by atoms with van der Waals surface area (Å²) in [6, 6.07) is 0. The van der Waals surface area contributed by atoms with Crippen LogP contribution >= 0.6 is 0 Å². The molecule has 64 valence electrons. The number of amides is 1. The zero-order valence-electron chi connectivity index (χ0n) is 6.83. The van der Waals surface area contributed by atoms with Gasteiger partial charge >= 0.3 is 12.1 Å². The lowest BCUT2D eigenvalue weighted by Gasteiger charge is -2.21. The molecular weight excluding hydrogens is 150 g/mol. The highest BCUT2D eigenvalue weighted by atomic mass is 16.5. The lowest BCUT2D eigenvalue weighted by Crippen LogP contribution is -2.48. The summed E-state index contributed by atoms with van der Waals surface area (Å²) in [7, 11) is 4.17. The summed E-state index contributed by atoms with van der Waals surface area (Å²) in [5, 5.41) is 8.37. The Kier molecular flexibility index (Phi) is 3.00. The van der Waals surface area contributed by atoms with Crippen molar-refractivity contribution in [3.8, 4) is 0 Å². The molecule has 0 fully saturated rings. The molecule has 1 amide bonds. The van der Waals surface area contributed by atoms with Crippen LogP contribution in [0.2, 0.25) is 0 Å². The second-order valence-electron chi connectivity index (χ2n) is 2.71. The minimum atomic E-state index is -1.03. The third-order valence-electron chi connectivity index (χ3n) is 1.20. The Morgan fingerprint density at radius 1 is 1.45 bits per heavy atom. The Hall–Kier alpha value is -1.10. The first-order valence-electron chi connectivity index (χ1n) is 3.03. The Labute approximate surface area is 64.8 Å². The second kappa shape index (κ2) is 3.34. The van der Waals surface area contributed by atoms with E-state index in [0.29, 0.717) is 0 Å². The number of quaternary nitrogens is 1. The molecule has 0 spiro atoms. The van der Waals surface area contributed by atoms with E-state index in [4.69, 9.17) is 5.11 Å². The van der Waals surface area contributed by atoms with Crippen molar-refractivity contribution in [2.24, 2.45) is 0 Å². The van der Waals surface area contributed by atoms with Gasteiger partial charge in [0, 0.05) is 0 Å². The molecule has 0 unspecified atom stereocenters. The minimum absolute atomic E-state index is 0.271. The van der Waals surface area contributed by atoms with Crippen molar-refractivity contribution in [2.45, 2.75) is 0 Å². The molecule has 0 aliphatic rings. The lowest BCUT2D eigenvalue weighted by atomic mass is 10.5. The fourth-order valence-corrected chi connectivity index (χ4v) is 0.650. The number of methoxy groups -OCH3 is 1. The highest BCUT2D eigenvalue weighted by Gasteiger charge is 2.30. The van der Waals surface area contributed by atoms with E-state index in [9.17, 15) is 9.59 Å². The monoisotopic (exact) mass is 162 g/mol. The van der Waals surface area contributed by atoms with Gasteiger partial charge in [0.05, 0.1) is 21.2 Å². The van der Waals surface area contributed by atoms with Crippen LogP contribution in [-0.2, 0) is 9.53 Å². The van der Waals surface area contributed by atoms with Crippen molar-refractivity contribution in [3.63, 3.8) is 0 Å². The van der Waals surface area contributed by atoms with Crippen LogP contribution in [0.1, 0.15) is 0 Å². The first-order valence-corrected chi connectivity index (χ1v) is 3.03. The van der Waals surface area contributed by atoms with E-state index in [0.717, 1.165) is 0 Å². The molecule has 0 rings (SSSR count). The first-order chi connectivity index (χ1) is 4.90. The van der Waals surface area contributed by atoms with Crippen molar-refractivity contribution in [1.29, 1.82) is 0 Å². The van der Waals surface area contributed by atoms with E-state index in [-0.39, 0.29) is 11.0 Å². The summed E-state index contributed by atoms with van der Waals surface area (Å²) >= 11 is 0. The maximum absolute atomic E-state index is 10.9. The molecular formula is C6H12NO4+. The maximum atomic E-state index is 10.9. The molecule has 0 aliphatic heterocycles. The van der Waals surface area contributed by atoms with Gasteiger partial charge in [0.1, 0.15) is 0 Å². The van der Waals surface area contributed by atoms with E-state index in [1.807, 2.05) is 0 Å². The number of aliphatic carboxylic acids is 1. The fourth-order valence-electron chi connectivity index (χ4n) is 0.650. The van der Waals surface area contributed by atoms with Gasteiger partial charge in [-0.15, -0.1) is 0 Å². The van der Waals surface area contributed by atoms with Crippen molar-refractivity contribution in [2.75, 3.05) is 27.7 Å². The van der Waals surface area contributed by atoms with Crippen LogP contribution in [0.25, 0.3) is 0 Å². The van der Waals surface area contributed by atoms with Gasteiger partial charge in [-0.25, -0.2) is 9.28 Å². The van der Waals surface area contributed by atoms with Crippen LogP contribution in [0.5, 0.6) is 0 Å². The predicted molar refractivity (Wildman–Crippen MR) is 37.0 cm³/mol. The van der Waals surface area contributed by atoms with Crippen LogP contribution in [0.15, 0.2) is 0 Å². The van der Waals surface area contributed by atoms with Gasteiger partial charge in [0.15, 0.2) is 6.54 Å². The Morgan fingerprint density at radius 3 is 2.18 bits per heavy atom. The zero-order valence-corrected chi connectivity index (χ0v) is 6.83. The fraction of sp³-hybridized carbons (Fsp3) is 0.667. The molecule has 0 saturated carbocycles. The normalized spacial score (nSPS) is 10.8. The zero-order chi connectivity index (χ0) is 9.07. The van der Waals surface area contributed by atoms with Crippen molar-refractivity contribution in [1.82, 2.24) is 0 Å². The molecule has 0 saturated heterocycles. The maximum Gasteiger partial charge on any atom is 0.515 e. The van der Waals surface area contributed by atoms with Crippen molar-refractivity contribution in [3.05, 3.63) is 0 Å². The van der Waals surface area contributed by atoms with Gasteiger partial charge in [-0.05, 0) is 0 Å². The van der Waals surface area contributed by atoms with E-state index in [1.165, 1.54) is 21.2 Å². The largest absolute Gasteiger partial charge is 0.515 e. The average Bonchev–Trinajstić information content (AvgIpc) is 1.83. The summed E-state index contributed by atoms with van der Waals surface area (Å²) < 4.78 is 4.09. The quantitative estimate of drug-likeness (QED) is 0.576. The van der Waals surface area contributed by atoms with Gasteiger partial charge in [0.2, 0.25) is 0 Å². The molecule has 5 nitrogen and oxygen atoms in total. The standard InChI is InChI=1S/C6H11NO4/c1-7(2,4-5(8)9)6(10)11-3/h4H2,1-3H3/p+1. The smallest absolute Gasteiger partial charge is 0.477 e. The number of carbonyl (C=O) groups excluding carboxylic acids is 1. The minimum Gasteiger partial charge on any atom is -0.477 e. The number of rotatable bonds is 2. The Balaban J connectivity index is 4.21. The lowest BCUT2D eigenvalue weighted by molar-refractivity contribution is -0.809. The summed E-state index contributed by atoms with van der Waals surface area (Å²) in [5.74, 6) is -1.03. The van der Waals surface area contributed by atoms with Gasteiger partial charge in [0.25, 0.3) is 0 Å². The molecule has 5 heteroatoms. The molecule has 11 heavy (non-hydrogen) atoms. The van der Waals surface area contributed by atoms with E-state index in [2.05, 4.69) is 4.74 Å². The topological polar surface area (TPSA) is 63.6 Å². The average molecular weight is 162 g/mol. The number of hydrogen-bond acceptors (Lipinski definition) is 3.